The van der Waals surface area contributed by atoms with Crippen LogP contribution in [-0.4, -0.2) is 15.6 Å². The Morgan fingerprint density at radius 3 is 1.76 bits per heavy atom. The lowest BCUT2D eigenvalue weighted by molar-refractivity contribution is 0.264. The van der Waals surface area contributed by atoms with Crippen LogP contribution in [0.2, 0.25) is 13.1 Å². The van der Waals surface area contributed by atoms with Gasteiger partial charge in [-0.05, 0) is 25.4 Å². The maximum atomic E-state index is 5.84. The SMILES string of the molecule is CCCCCCCCCCC(CCCC)CCO[Si](C)C. The zero-order valence-electron chi connectivity index (χ0n) is 15.4. The fraction of sp³-hybridized carbons (Fsp3) is 1.00. The van der Waals surface area contributed by atoms with E-state index in [4.69, 9.17) is 4.43 Å². The van der Waals surface area contributed by atoms with E-state index < -0.39 is 9.04 Å². The van der Waals surface area contributed by atoms with Crippen molar-refractivity contribution >= 4 is 9.04 Å². The third-order valence-corrected chi connectivity index (χ3v) is 5.13. The fourth-order valence-corrected chi connectivity index (χ4v) is 3.45. The van der Waals surface area contributed by atoms with Gasteiger partial charge in [0.2, 0.25) is 9.04 Å². The summed E-state index contributed by atoms with van der Waals surface area (Å²) in [5.74, 6) is 0.923. The van der Waals surface area contributed by atoms with Crippen molar-refractivity contribution in [2.75, 3.05) is 6.61 Å². The summed E-state index contributed by atoms with van der Waals surface area (Å²) >= 11 is 0. The monoisotopic (exact) mass is 313 g/mol. The third kappa shape index (κ3) is 16.4. The number of hydrogen-bond donors (Lipinski definition) is 0. The van der Waals surface area contributed by atoms with E-state index in [2.05, 4.69) is 26.9 Å². The molecule has 0 amide bonds. The van der Waals surface area contributed by atoms with Gasteiger partial charge >= 0.3 is 0 Å². The second-order valence-electron chi connectivity index (χ2n) is 6.82. The average Bonchev–Trinajstić information content (AvgIpc) is 2.46. The topological polar surface area (TPSA) is 9.23 Å². The molecule has 2 heteroatoms. The van der Waals surface area contributed by atoms with Crippen LogP contribution < -0.4 is 0 Å². The van der Waals surface area contributed by atoms with Gasteiger partial charge in [-0.3, -0.25) is 0 Å². The van der Waals surface area contributed by atoms with E-state index in [1.807, 2.05) is 0 Å². The van der Waals surface area contributed by atoms with Gasteiger partial charge in [-0.15, -0.1) is 0 Å². The van der Waals surface area contributed by atoms with E-state index >= 15 is 0 Å². The molecule has 0 saturated heterocycles. The Hall–Kier alpha value is 0.177. The van der Waals surface area contributed by atoms with Crippen LogP contribution in [0.5, 0.6) is 0 Å². The molecule has 0 aromatic heterocycles. The smallest absolute Gasteiger partial charge is 0.204 e. The molecule has 1 unspecified atom stereocenters. The molecule has 0 aromatic carbocycles. The van der Waals surface area contributed by atoms with Gasteiger partial charge in [0.1, 0.15) is 0 Å². The first kappa shape index (κ1) is 21.2. The van der Waals surface area contributed by atoms with Crippen molar-refractivity contribution in [3.63, 3.8) is 0 Å². The highest BCUT2D eigenvalue weighted by molar-refractivity contribution is 6.48. The van der Waals surface area contributed by atoms with Crippen molar-refractivity contribution in [3.8, 4) is 0 Å². The van der Waals surface area contributed by atoms with Gasteiger partial charge in [-0.2, -0.15) is 0 Å². The van der Waals surface area contributed by atoms with Crippen molar-refractivity contribution in [1.29, 1.82) is 0 Å². The van der Waals surface area contributed by atoms with Gasteiger partial charge < -0.3 is 4.43 Å². The first-order valence-corrected chi connectivity index (χ1v) is 12.0. The summed E-state index contributed by atoms with van der Waals surface area (Å²) in [6.45, 7) is 10.1. The van der Waals surface area contributed by atoms with Crippen LogP contribution in [-0.2, 0) is 4.43 Å². The van der Waals surface area contributed by atoms with Gasteiger partial charge in [0.15, 0.2) is 0 Å². The third-order valence-electron chi connectivity index (χ3n) is 4.35. The van der Waals surface area contributed by atoms with Gasteiger partial charge in [0, 0.05) is 6.61 Å². The van der Waals surface area contributed by atoms with E-state index in [0.29, 0.717) is 0 Å². The fourth-order valence-electron chi connectivity index (χ4n) is 2.92. The van der Waals surface area contributed by atoms with Crippen molar-refractivity contribution in [2.45, 2.75) is 110 Å². The minimum atomic E-state index is -0.490. The number of unbranched alkanes of at least 4 members (excludes halogenated alkanes) is 8. The lowest BCUT2D eigenvalue weighted by Gasteiger charge is -2.17. The molecule has 0 fully saturated rings. The Kier molecular flexibility index (Phi) is 16.7. The lowest BCUT2D eigenvalue weighted by atomic mass is 9.92. The Morgan fingerprint density at radius 2 is 1.19 bits per heavy atom. The molecule has 0 saturated carbocycles. The zero-order valence-corrected chi connectivity index (χ0v) is 16.4. The van der Waals surface area contributed by atoms with Crippen LogP contribution in [0.3, 0.4) is 0 Å². The summed E-state index contributed by atoms with van der Waals surface area (Å²) in [6.07, 6.45) is 18.4. The normalized spacial score (nSPS) is 13.0. The summed E-state index contributed by atoms with van der Waals surface area (Å²) in [4.78, 5) is 0. The quantitative estimate of drug-likeness (QED) is 0.220. The molecule has 0 spiro atoms. The molecule has 127 valence electrons. The molecule has 1 radical (unpaired) electrons. The molecule has 0 aliphatic heterocycles. The minimum Gasteiger partial charge on any atom is -0.417 e. The second-order valence-corrected chi connectivity index (χ2v) is 8.92. The second kappa shape index (κ2) is 16.5. The van der Waals surface area contributed by atoms with Gasteiger partial charge in [0.25, 0.3) is 0 Å². The maximum absolute atomic E-state index is 5.84. The minimum absolute atomic E-state index is 0.490. The summed E-state index contributed by atoms with van der Waals surface area (Å²) < 4.78 is 5.84. The Labute approximate surface area is 137 Å². The van der Waals surface area contributed by atoms with Crippen LogP contribution in [0, 0.1) is 5.92 Å². The molecule has 1 atom stereocenters. The van der Waals surface area contributed by atoms with E-state index in [9.17, 15) is 0 Å². The van der Waals surface area contributed by atoms with E-state index in [0.717, 1.165) is 12.5 Å². The van der Waals surface area contributed by atoms with Crippen LogP contribution in [0.4, 0.5) is 0 Å². The largest absolute Gasteiger partial charge is 0.417 e. The predicted octanol–water partition coefficient (Wildman–Crippen LogP) is 6.98. The zero-order chi connectivity index (χ0) is 15.8. The summed E-state index contributed by atoms with van der Waals surface area (Å²) in [6, 6.07) is 0. The van der Waals surface area contributed by atoms with E-state index in [1.54, 1.807) is 0 Å². The molecule has 0 aliphatic carbocycles. The molecule has 0 aromatic rings. The molecule has 0 N–H and O–H groups in total. The summed E-state index contributed by atoms with van der Waals surface area (Å²) in [7, 11) is -0.490. The maximum Gasteiger partial charge on any atom is 0.204 e. The van der Waals surface area contributed by atoms with Gasteiger partial charge in [-0.1, -0.05) is 90.9 Å². The Morgan fingerprint density at radius 1 is 0.667 bits per heavy atom. The molecule has 0 heterocycles. The molecule has 21 heavy (non-hydrogen) atoms. The van der Waals surface area contributed by atoms with Gasteiger partial charge in [-0.25, -0.2) is 0 Å². The standard InChI is InChI=1S/C19H41OSi/c1-5-7-9-10-11-12-13-14-16-19(15-8-6-2)17-18-20-21(3)4/h19H,5-18H2,1-4H3. The lowest BCUT2D eigenvalue weighted by Crippen LogP contribution is -2.12. The van der Waals surface area contributed by atoms with Crippen molar-refractivity contribution in [2.24, 2.45) is 5.92 Å². The Balaban J connectivity index is 3.55. The van der Waals surface area contributed by atoms with Crippen molar-refractivity contribution < 1.29 is 4.43 Å². The molecular formula is C19H41OSi. The van der Waals surface area contributed by atoms with E-state index in [1.165, 1.54) is 83.5 Å². The summed E-state index contributed by atoms with van der Waals surface area (Å²) in [5.41, 5.74) is 0. The van der Waals surface area contributed by atoms with Crippen molar-refractivity contribution in [1.82, 2.24) is 0 Å². The molecule has 0 aliphatic rings. The van der Waals surface area contributed by atoms with Crippen LogP contribution >= 0.6 is 0 Å². The van der Waals surface area contributed by atoms with Crippen LogP contribution in [0.15, 0.2) is 0 Å². The highest BCUT2D eigenvalue weighted by Crippen LogP contribution is 2.21. The van der Waals surface area contributed by atoms with Crippen LogP contribution in [0.25, 0.3) is 0 Å². The molecule has 1 nitrogen and oxygen atoms in total. The first-order chi connectivity index (χ1) is 10.2. The molecule has 0 bridgehead atoms. The number of rotatable bonds is 16. The van der Waals surface area contributed by atoms with Crippen LogP contribution in [0.1, 0.15) is 97.3 Å². The molecular weight excluding hydrogens is 272 g/mol. The first-order valence-electron chi connectivity index (χ1n) is 9.63. The van der Waals surface area contributed by atoms with Gasteiger partial charge in [0.05, 0.1) is 0 Å². The predicted molar refractivity (Wildman–Crippen MR) is 98.3 cm³/mol. The molecule has 0 rings (SSSR count). The summed E-state index contributed by atoms with van der Waals surface area (Å²) in [5, 5.41) is 0. The average molecular weight is 314 g/mol. The highest BCUT2D eigenvalue weighted by atomic mass is 28.3. The Bertz CT molecular complexity index is 194. The highest BCUT2D eigenvalue weighted by Gasteiger charge is 2.09. The number of hydrogen-bond acceptors (Lipinski definition) is 1. The van der Waals surface area contributed by atoms with Crippen molar-refractivity contribution in [3.05, 3.63) is 0 Å². The van der Waals surface area contributed by atoms with E-state index in [-0.39, 0.29) is 0 Å².